The predicted molar refractivity (Wildman–Crippen MR) is 60.2 cm³/mol. The second-order valence-electron chi connectivity index (χ2n) is 4.82. The number of carbonyl (C=O) groups is 1. The molecule has 0 saturated carbocycles. The van der Waals surface area contributed by atoms with Gasteiger partial charge in [-0.3, -0.25) is 0 Å². The van der Waals surface area contributed by atoms with Gasteiger partial charge in [0.15, 0.2) is 0 Å². The van der Waals surface area contributed by atoms with E-state index >= 15 is 0 Å². The molecule has 0 spiro atoms. The zero-order chi connectivity index (χ0) is 10.4. The number of carbonyl (C=O) groups excluding carboxylic acids is 1. The van der Waals surface area contributed by atoms with Crippen LogP contribution in [-0.4, -0.2) is 6.29 Å². The van der Waals surface area contributed by atoms with Crippen LogP contribution in [0.5, 0.6) is 0 Å². The summed E-state index contributed by atoms with van der Waals surface area (Å²) < 4.78 is 0. The van der Waals surface area contributed by atoms with Crippen LogP contribution in [0.3, 0.4) is 0 Å². The Morgan fingerprint density at radius 2 is 2.36 bits per heavy atom. The van der Waals surface area contributed by atoms with Gasteiger partial charge in [-0.1, -0.05) is 31.9 Å². The molecular formula is C13H22O. The summed E-state index contributed by atoms with van der Waals surface area (Å²) in [6.45, 7) is 4.55. The molecule has 0 fully saturated rings. The van der Waals surface area contributed by atoms with Crippen molar-refractivity contribution in [3.8, 4) is 0 Å². The van der Waals surface area contributed by atoms with E-state index in [0.29, 0.717) is 5.92 Å². The van der Waals surface area contributed by atoms with E-state index in [1.165, 1.54) is 19.3 Å². The minimum atomic E-state index is 0.309. The average molecular weight is 194 g/mol. The van der Waals surface area contributed by atoms with Gasteiger partial charge in [-0.15, -0.1) is 0 Å². The van der Waals surface area contributed by atoms with Crippen LogP contribution < -0.4 is 0 Å². The molecule has 0 aromatic rings. The quantitative estimate of drug-likeness (QED) is 0.481. The number of hydrogen-bond donors (Lipinski definition) is 0. The Balaban J connectivity index is 2.20. The van der Waals surface area contributed by atoms with Gasteiger partial charge in [0.05, 0.1) is 0 Å². The van der Waals surface area contributed by atoms with Crippen molar-refractivity contribution < 1.29 is 4.79 Å². The number of rotatable bonds is 5. The third-order valence-electron chi connectivity index (χ3n) is 3.02. The lowest BCUT2D eigenvalue weighted by Crippen LogP contribution is -2.06. The summed E-state index contributed by atoms with van der Waals surface area (Å²) in [5.41, 5.74) is 1.59. The fourth-order valence-corrected chi connectivity index (χ4v) is 2.00. The van der Waals surface area contributed by atoms with Gasteiger partial charge in [0.2, 0.25) is 0 Å². The molecule has 0 aromatic heterocycles. The van der Waals surface area contributed by atoms with Gasteiger partial charge < -0.3 is 4.79 Å². The number of aldehydes is 1. The van der Waals surface area contributed by atoms with Crippen molar-refractivity contribution in [2.75, 3.05) is 0 Å². The predicted octanol–water partition coefficient (Wildman–Crippen LogP) is 3.74. The van der Waals surface area contributed by atoms with E-state index in [-0.39, 0.29) is 0 Å². The standard InChI is InChI=1S/C13H22O/c1-11(2)4-3-5-12-6-8-13(10-14)9-7-12/h6,10-11,13H,3-5,7-9H2,1-2H3. The molecule has 0 N–H and O–H groups in total. The average Bonchev–Trinajstić information content (AvgIpc) is 2.18. The van der Waals surface area contributed by atoms with Gasteiger partial charge in [0.25, 0.3) is 0 Å². The van der Waals surface area contributed by atoms with Gasteiger partial charge >= 0.3 is 0 Å². The fourth-order valence-electron chi connectivity index (χ4n) is 2.00. The van der Waals surface area contributed by atoms with E-state index in [2.05, 4.69) is 19.9 Å². The maximum Gasteiger partial charge on any atom is 0.123 e. The Hall–Kier alpha value is -0.590. The maximum atomic E-state index is 10.5. The highest BCUT2D eigenvalue weighted by molar-refractivity contribution is 5.54. The highest BCUT2D eigenvalue weighted by atomic mass is 16.1. The van der Waals surface area contributed by atoms with Crippen LogP contribution >= 0.6 is 0 Å². The van der Waals surface area contributed by atoms with Crippen molar-refractivity contribution in [2.24, 2.45) is 11.8 Å². The van der Waals surface area contributed by atoms with E-state index in [0.717, 1.165) is 31.5 Å². The molecule has 0 radical (unpaired) electrons. The Morgan fingerprint density at radius 1 is 1.57 bits per heavy atom. The van der Waals surface area contributed by atoms with Crippen LogP contribution in [0.15, 0.2) is 11.6 Å². The van der Waals surface area contributed by atoms with Crippen molar-refractivity contribution in [1.82, 2.24) is 0 Å². The van der Waals surface area contributed by atoms with Crippen molar-refractivity contribution in [1.29, 1.82) is 0 Å². The Morgan fingerprint density at radius 3 is 2.86 bits per heavy atom. The van der Waals surface area contributed by atoms with Crippen LogP contribution in [0.25, 0.3) is 0 Å². The van der Waals surface area contributed by atoms with Crippen molar-refractivity contribution in [2.45, 2.75) is 52.4 Å². The topological polar surface area (TPSA) is 17.1 Å². The molecule has 0 aromatic carbocycles. The first-order valence-electron chi connectivity index (χ1n) is 5.85. The van der Waals surface area contributed by atoms with E-state index in [4.69, 9.17) is 0 Å². The summed E-state index contributed by atoms with van der Waals surface area (Å²) in [6, 6.07) is 0. The SMILES string of the molecule is CC(C)CCCC1=CCC(C=O)CC1. The minimum Gasteiger partial charge on any atom is -0.303 e. The molecule has 0 aliphatic heterocycles. The third kappa shape index (κ3) is 4.08. The van der Waals surface area contributed by atoms with E-state index in [9.17, 15) is 4.79 Å². The number of hydrogen-bond acceptors (Lipinski definition) is 1. The third-order valence-corrected chi connectivity index (χ3v) is 3.02. The second kappa shape index (κ2) is 6.00. The smallest absolute Gasteiger partial charge is 0.123 e. The summed E-state index contributed by atoms with van der Waals surface area (Å²) in [6.07, 6.45) is 10.5. The zero-order valence-corrected chi connectivity index (χ0v) is 9.46. The lowest BCUT2D eigenvalue weighted by atomic mass is 9.88. The molecular weight excluding hydrogens is 172 g/mol. The van der Waals surface area contributed by atoms with Crippen LogP contribution in [0.2, 0.25) is 0 Å². The highest BCUT2D eigenvalue weighted by Gasteiger charge is 2.12. The van der Waals surface area contributed by atoms with Crippen LogP contribution in [0.1, 0.15) is 52.4 Å². The van der Waals surface area contributed by atoms with Gasteiger partial charge in [-0.05, 0) is 38.0 Å². The van der Waals surface area contributed by atoms with E-state index in [1.807, 2.05) is 0 Å². The largest absolute Gasteiger partial charge is 0.303 e. The molecule has 0 bridgehead atoms. The van der Waals surface area contributed by atoms with Crippen molar-refractivity contribution in [3.05, 3.63) is 11.6 Å². The maximum absolute atomic E-state index is 10.5. The van der Waals surface area contributed by atoms with Crippen molar-refractivity contribution in [3.63, 3.8) is 0 Å². The summed E-state index contributed by atoms with van der Waals surface area (Å²) in [7, 11) is 0. The molecule has 1 atom stereocenters. The summed E-state index contributed by atoms with van der Waals surface area (Å²) in [4.78, 5) is 10.5. The van der Waals surface area contributed by atoms with E-state index in [1.54, 1.807) is 5.57 Å². The molecule has 80 valence electrons. The molecule has 0 saturated heterocycles. The molecule has 1 aliphatic rings. The Kier molecular flexibility index (Phi) is 4.92. The molecule has 1 heteroatoms. The molecule has 14 heavy (non-hydrogen) atoms. The summed E-state index contributed by atoms with van der Waals surface area (Å²) in [5, 5.41) is 0. The lowest BCUT2D eigenvalue weighted by Gasteiger charge is -2.17. The van der Waals surface area contributed by atoms with E-state index < -0.39 is 0 Å². The van der Waals surface area contributed by atoms with Crippen LogP contribution in [-0.2, 0) is 4.79 Å². The normalized spacial score (nSPS) is 22.2. The Bertz CT molecular complexity index is 203. The second-order valence-corrected chi connectivity index (χ2v) is 4.82. The monoisotopic (exact) mass is 194 g/mol. The summed E-state index contributed by atoms with van der Waals surface area (Å²) in [5.74, 6) is 1.13. The van der Waals surface area contributed by atoms with Crippen LogP contribution in [0, 0.1) is 11.8 Å². The molecule has 1 unspecified atom stereocenters. The molecule has 0 amide bonds. The number of allylic oxidation sites excluding steroid dienone is 2. The molecule has 1 nitrogen and oxygen atoms in total. The molecule has 1 rings (SSSR count). The Labute approximate surface area is 87.6 Å². The van der Waals surface area contributed by atoms with Gasteiger partial charge in [0.1, 0.15) is 6.29 Å². The first-order valence-corrected chi connectivity index (χ1v) is 5.85. The minimum absolute atomic E-state index is 0.309. The van der Waals surface area contributed by atoms with Gasteiger partial charge in [-0.25, -0.2) is 0 Å². The van der Waals surface area contributed by atoms with Crippen LogP contribution in [0.4, 0.5) is 0 Å². The van der Waals surface area contributed by atoms with Gasteiger partial charge in [0, 0.05) is 5.92 Å². The molecule has 0 heterocycles. The van der Waals surface area contributed by atoms with Crippen molar-refractivity contribution >= 4 is 6.29 Å². The first-order chi connectivity index (χ1) is 6.72. The highest BCUT2D eigenvalue weighted by Crippen LogP contribution is 2.25. The first kappa shape index (κ1) is 11.5. The zero-order valence-electron chi connectivity index (χ0n) is 9.46. The fraction of sp³-hybridized carbons (Fsp3) is 0.769. The molecule has 1 aliphatic carbocycles. The summed E-state index contributed by atoms with van der Waals surface area (Å²) >= 11 is 0. The van der Waals surface area contributed by atoms with Gasteiger partial charge in [-0.2, -0.15) is 0 Å². The lowest BCUT2D eigenvalue weighted by molar-refractivity contribution is -0.111.